The van der Waals surface area contributed by atoms with Gasteiger partial charge in [0.25, 0.3) is 0 Å². The van der Waals surface area contributed by atoms with Gasteiger partial charge in [0, 0.05) is 17.1 Å². The second kappa shape index (κ2) is 7.82. The Labute approximate surface area is 158 Å². The van der Waals surface area contributed by atoms with Gasteiger partial charge in [-0.1, -0.05) is 17.7 Å². The largest absolute Gasteiger partial charge is 0.325 e. The summed E-state index contributed by atoms with van der Waals surface area (Å²) in [6.45, 7) is 2.27. The number of nitrogens with one attached hydrogen (secondary N) is 1. The molecule has 1 N–H and O–H groups in total. The van der Waals surface area contributed by atoms with Crippen LogP contribution in [0.5, 0.6) is 0 Å². The van der Waals surface area contributed by atoms with Crippen molar-refractivity contribution in [1.29, 1.82) is 0 Å². The molecule has 0 saturated carbocycles. The molecule has 3 rings (SSSR count). The minimum atomic E-state index is -3.68. The smallest absolute Gasteiger partial charge is 0.243 e. The Kier molecular flexibility index (Phi) is 5.70. The van der Waals surface area contributed by atoms with Crippen LogP contribution in [-0.2, 0) is 14.8 Å². The van der Waals surface area contributed by atoms with Crippen molar-refractivity contribution in [3.63, 3.8) is 0 Å². The lowest BCUT2D eigenvalue weighted by Gasteiger charge is -2.23. The summed E-state index contributed by atoms with van der Waals surface area (Å²) in [6.07, 6.45) is 3.19. The molecule has 1 fully saturated rings. The summed E-state index contributed by atoms with van der Waals surface area (Å²) in [5, 5.41) is 2.84. The van der Waals surface area contributed by atoms with Gasteiger partial charge < -0.3 is 5.32 Å². The Morgan fingerprint density at radius 3 is 2.38 bits per heavy atom. The molecule has 5 nitrogen and oxygen atoms in total. The summed E-state index contributed by atoms with van der Waals surface area (Å²) < 4.78 is 27.2. The topological polar surface area (TPSA) is 66.5 Å². The summed E-state index contributed by atoms with van der Waals surface area (Å²) in [5.74, 6) is -0.282. The minimum absolute atomic E-state index is 0.229. The van der Waals surface area contributed by atoms with Crippen LogP contribution in [0, 0.1) is 6.92 Å². The molecular weight excluding hydrogens is 368 g/mol. The van der Waals surface area contributed by atoms with E-state index in [1.54, 1.807) is 36.0 Å². The fraction of sp³-hybridized carbons (Fsp3) is 0.316. The van der Waals surface area contributed by atoms with Crippen molar-refractivity contribution in [1.82, 2.24) is 4.31 Å². The highest BCUT2D eigenvalue weighted by Crippen LogP contribution is 2.27. The Morgan fingerprint density at radius 1 is 1.12 bits per heavy atom. The molecule has 2 aromatic carbocycles. The number of nitrogens with zero attached hydrogens (tertiary/aromatic N) is 1. The molecule has 1 unspecified atom stereocenters. The Bertz CT molecular complexity index is 878. The summed E-state index contributed by atoms with van der Waals surface area (Å²) in [6, 6.07) is 13.6. The van der Waals surface area contributed by atoms with E-state index < -0.39 is 16.1 Å². The monoisotopic (exact) mass is 390 g/mol. The second-order valence-electron chi connectivity index (χ2n) is 6.30. The normalized spacial score (nSPS) is 18.0. The molecule has 0 bridgehead atoms. The maximum Gasteiger partial charge on any atom is 0.243 e. The van der Waals surface area contributed by atoms with Gasteiger partial charge in [0.1, 0.15) is 6.04 Å². The van der Waals surface area contributed by atoms with E-state index in [0.717, 1.165) is 10.5 Å². The molecule has 26 heavy (non-hydrogen) atoms. The SMILES string of the molecule is CSc1ccc(NC(=O)C2CCCN2S(=O)(=O)c2ccc(C)cc2)cc1. The van der Waals surface area contributed by atoms with Crippen LogP contribution in [0.25, 0.3) is 0 Å². The third-order valence-corrected chi connectivity index (χ3v) is 7.16. The number of aryl methyl sites for hydroxylation is 1. The van der Waals surface area contributed by atoms with Gasteiger partial charge in [-0.2, -0.15) is 4.31 Å². The Hall–Kier alpha value is -1.83. The van der Waals surface area contributed by atoms with E-state index in [1.165, 1.54) is 4.31 Å². The average molecular weight is 391 g/mol. The number of thioether (sulfide) groups is 1. The predicted octanol–water partition coefficient (Wildman–Crippen LogP) is 3.51. The second-order valence-corrected chi connectivity index (χ2v) is 9.07. The Balaban J connectivity index is 1.78. The third kappa shape index (κ3) is 3.95. The molecule has 0 radical (unpaired) electrons. The standard InChI is InChI=1S/C19H22N2O3S2/c1-14-5-11-17(12-6-14)26(23,24)21-13-3-4-18(21)19(22)20-15-7-9-16(25-2)10-8-15/h5-12,18H,3-4,13H2,1-2H3,(H,20,22). The van der Waals surface area contributed by atoms with Crippen molar-refractivity contribution >= 4 is 33.4 Å². The van der Waals surface area contributed by atoms with Crippen molar-refractivity contribution in [3.05, 3.63) is 54.1 Å². The first-order chi connectivity index (χ1) is 12.4. The zero-order valence-electron chi connectivity index (χ0n) is 14.8. The number of carbonyl (C=O) groups is 1. The lowest BCUT2D eigenvalue weighted by molar-refractivity contribution is -0.119. The molecule has 2 aromatic rings. The number of carbonyl (C=O) groups excluding carboxylic acids is 1. The highest BCUT2D eigenvalue weighted by molar-refractivity contribution is 7.98. The van der Waals surface area contributed by atoms with Crippen LogP contribution in [0.2, 0.25) is 0 Å². The van der Waals surface area contributed by atoms with Gasteiger partial charge >= 0.3 is 0 Å². The van der Waals surface area contributed by atoms with Crippen molar-refractivity contribution in [2.45, 2.75) is 35.6 Å². The van der Waals surface area contributed by atoms with Crippen molar-refractivity contribution < 1.29 is 13.2 Å². The number of rotatable bonds is 5. The molecule has 0 spiro atoms. The number of hydrogen-bond donors (Lipinski definition) is 1. The summed E-state index contributed by atoms with van der Waals surface area (Å²) in [5.41, 5.74) is 1.67. The average Bonchev–Trinajstić information content (AvgIpc) is 3.13. The van der Waals surface area contributed by atoms with Gasteiger partial charge in [0.05, 0.1) is 4.90 Å². The van der Waals surface area contributed by atoms with Crippen LogP contribution in [0.3, 0.4) is 0 Å². The molecule has 1 aliphatic heterocycles. The number of amides is 1. The van der Waals surface area contributed by atoms with E-state index >= 15 is 0 Å². The van der Waals surface area contributed by atoms with E-state index in [1.807, 2.05) is 37.4 Å². The highest BCUT2D eigenvalue weighted by Gasteiger charge is 2.39. The quantitative estimate of drug-likeness (QED) is 0.794. The van der Waals surface area contributed by atoms with Gasteiger partial charge in [-0.05, 0) is 62.4 Å². The van der Waals surface area contributed by atoms with E-state index in [-0.39, 0.29) is 10.8 Å². The highest BCUT2D eigenvalue weighted by atomic mass is 32.2. The predicted molar refractivity (Wildman–Crippen MR) is 105 cm³/mol. The molecule has 0 aromatic heterocycles. The number of hydrogen-bond acceptors (Lipinski definition) is 4. The minimum Gasteiger partial charge on any atom is -0.325 e. The van der Waals surface area contributed by atoms with E-state index in [0.29, 0.717) is 25.1 Å². The zero-order valence-corrected chi connectivity index (χ0v) is 16.4. The lowest BCUT2D eigenvalue weighted by Crippen LogP contribution is -2.43. The zero-order chi connectivity index (χ0) is 18.7. The van der Waals surface area contributed by atoms with E-state index in [2.05, 4.69) is 5.32 Å². The van der Waals surface area contributed by atoms with Gasteiger partial charge in [-0.25, -0.2) is 8.42 Å². The lowest BCUT2D eigenvalue weighted by atomic mass is 10.2. The number of sulfonamides is 1. The van der Waals surface area contributed by atoms with Crippen LogP contribution in [0.1, 0.15) is 18.4 Å². The molecule has 1 aliphatic rings. The molecular formula is C19H22N2O3S2. The van der Waals surface area contributed by atoms with Gasteiger partial charge in [-0.15, -0.1) is 11.8 Å². The van der Waals surface area contributed by atoms with Crippen LogP contribution in [0.4, 0.5) is 5.69 Å². The molecule has 138 valence electrons. The third-order valence-electron chi connectivity index (χ3n) is 4.49. The maximum atomic E-state index is 12.9. The van der Waals surface area contributed by atoms with E-state index in [9.17, 15) is 13.2 Å². The summed E-state index contributed by atoms with van der Waals surface area (Å²) >= 11 is 1.62. The first-order valence-corrected chi connectivity index (χ1v) is 11.1. The van der Waals surface area contributed by atoms with Crippen LogP contribution in [-0.4, -0.2) is 37.5 Å². The molecule has 7 heteroatoms. The molecule has 1 amide bonds. The fourth-order valence-electron chi connectivity index (χ4n) is 3.04. The molecule has 1 atom stereocenters. The van der Waals surface area contributed by atoms with Crippen LogP contribution in [0.15, 0.2) is 58.3 Å². The number of benzene rings is 2. The summed E-state index contributed by atoms with van der Waals surface area (Å²) in [7, 11) is -3.68. The fourth-order valence-corrected chi connectivity index (χ4v) is 5.10. The van der Waals surface area contributed by atoms with Crippen molar-refractivity contribution in [2.24, 2.45) is 0 Å². The Morgan fingerprint density at radius 2 is 1.77 bits per heavy atom. The van der Waals surface area contributed by atoms with Crippen molar-refractivity contribution in [3.8, 4) is 0 Å². The first-order valence-electron chi connectivity index (χ1n) is 8.45. The maximum absolute atomic E-state index is 12.9. The van der Waals surface area contributed by atoms with E-state index in [4.69, 9.17) is 0 Å². The van der Waals surface area contributed by atoms with Crippen molar-refractivity contribution in [2.75, 3.05) is 18.1 Å². The van der Waals surface area contributed by atoms with Crippen LogP contribution < -0.4 is 5.32 Å². The van der Waals surface area contributed by atoms with Gasteiger partial charge in [0.15, 0.2) is 0 Å². The van der Waals surface area contributed by atoms with Gasteiger partial charge in [-0.3, -0.25) is 4.79 Å². The number of anilines is 1. The summed E-state index contributed by atoms with van der Waals surface area (Å²) in [4.78, 5) is 14.0. The molecule has 1 saturated heterocycles. The first kappa shape index (κ1) is 18.9. The van der Waals surface area contributed by atoms with Gasteiger partial charge in [0.2, 0.25) is 15.9 Å². The van der Waals surface area contributed by atoms with Crippen LogP contribution >= 0.6 is 11.8 Å². The molecule has 1 heterocycles. The molecule has 0 aliphatic carbocycles.